The number of carbonyl (C=O) groups is 15. The Hall–Kier alpha value is -11.1. The molecule has 6 aliphatic rings. The van der Waals surface area contributed by atoms with Crippen LogP contribution in [-0.2, 0) is 72.0 Å². The number of aliphatic carboxylic acids is 6. The van der Waals surface area contributed by atoms with E-state index >= 15 is 0 Å². The number of aromatic hydroxyl groups is 6. The van der Waals surface area contributed by atoms with Crippen molar-refractivity contribution in [1.29, 1.82) is 0 Å². The van der Waals surface area contributed by atoms with Crippen molar-refractivity contribution >= 4 is 296 Å². The van der Waals surface area contributed by atoms with E-state index in [2.05, 4.69) is 59.5 Å². The van der Waals surface area contributed by atoms with Crippen LogP contribution in [-0.4, -0.2) is 295 Å². The molecule has 0 radical (unpaired) electrons. The van der Waals surface area contributed by atoms with Crippen LogP contribution in [0.15, 0.2) is 162 Å². The summed E-state index contributed by atoms with van der Waals surface area (Å²) in [5, 5.41) is 171. The van der Waals surface area contributed by atoms with Crippen LogP contribution in [0.25, 0.3) is 0 Å². The summed E-state index contributed by atoms with van der Waals surface area (Å²) in [6.45, 7) is 0. The molecule has 12 heterocycles. The largest absolute Gasteiger partial charge is 1.00 e. The van der Waals surface area contributed by atoms with Gasteiger partial charge in [-0.2, -0.15) is 0 Å². The van der Waals surface area contributed by atoms with Gasteiger partial charge in [-0.1, -0.05) is 85.4 Å². The molecule has 9 aromatic rings. The Bertz CT molecular complexity index is 6540. The summed E-state index contributed by atoms with van der Waals surface area (Å²) in [5.41, 5.74) is 5.28. The minimum atomic E-state index is -1.76. The third kappa shape index (κ3) is 27.4. The van der Waals surface area contributed by atoms with E-state index in [-0.39, 0.29) is 200 Å². The van der Waals surface area contributed by atoms with Gasteiger partial charge in [-0.15, -0.1) is 105 Å². The first-order valence-corrected chi connectivity index (χ1v) is 52.5. The molecule has 756 valence electrons. The summed E-state index contributed by atoms with van der Waals surface area (Å²) in [5.74, 6) is -22.4. The van der Waals surface area contributed by atoms with Crippen molar-refractivity contribution in [2.45, 2.75) is 77.9 Å². The Morgan fingerprint density at radius 1 is 0.408 bits per heavy atom. The SMILES string of the molecule is Nc1nc(/C(=N\OC(Sc2ccc(O)c(O)c2)C(=O)O)C(=O)N[C@@H]2C(=O)N3C(C(=O)[O-])=C(CSc4s[nH]c(=O)c4C(=O)O)CS[C@H]23)cs1.Nc1nc(/C(=N\OC(Sc2ccc(O)c(O)c2)C(=O)O)C(=O)N[C@@H]2C(=O)N3C(C(=O)[O-])=C(CSc4s[nH]c(=O)c4C(=O)O)CS[C@H]23)cs1.Nc1nc(/C(=N\OC(Sc2ccc(O)c(O)c2)C(=O)O)C(=O)N[C@@H]2C(=O)N3C(C(=O)[O-])=C(CSc4s[nH]c(=O)c4C(=O)O)CS[C@H]23)cs1.[Na+].[Na+].[Na+]. The number of rotatable bonds is 39. The maximum Gasteiger partial charge on any atom is 1.00 e. The Balaban J connectivity index is 0.000000223. The number of fused-ring (bicyclic) bond motifs is 3. The number of aromatic nitrogens is 6. The van der Waals surface area contributed by atoms with Crippen LogP contribution in [0.1, 0.15) is 48.2 Å². The van der Waals surface area contributed by atoms with E-state index in [1.54, 1.807) is 0 Å². The van der Waals surface area contributed by atoms with Crippen LogP contribution in [0.3, 0.4) is 0 Å². The number of carbonyl (C=O) groups excluding carboxylic acids is 9. The van der Waals surface area contributed by atoms with Crippen molar-refractivity contribution in [2.24, 2.45) is 15.5 Å². The van der Waals surface area contributed by atoms with Crippen molar-refractivity contribution in [3.05, 3.63) is 169 Å². The van der Waals surface area contributed by atoms with Crippen molar-refractivity contribution < 1.29 is 252 Å². The number of nitrogens with one attached hydrogen (secondary N) is 6. The fraction of sp³-hybridized carbons (Fsp3) is 0.200. The predicted octanol–water partition coefficient (Wildman–Crippen LogP) is -9.87. The van der Waals surface area contributed by atoms with Crippen LogP contribution in [0, 0.1) is 0 Å². The summed E-state index contributed by atoms with van der Waals surface area (Å²) in [6, 6.07) is 6.79. The predicted molar refractivity (Wildman–Crippen MR) is 513 cm³/mol. The van der Waals surface area contributed by atoms with Gasteiger partial charge in [0.25, 0.3) is 68.4 Å². The second kappa shape index (κ2) is 51.4. The average Bonchev–Trinajstić information content (AvgIpc) is 1.71. The second-order valence-corrected chi connectivity index (χ2v) is 43.9. The molecular weight excluding hydrogens is 2280 g/mol. The Morgan fingerprint density at radius 2 is 0.653 bits per heavy atom. The number of aromatic carboxylic acids is 3. The Kier molecular flexibility index (Phi) is 41.2. The van der Waals surface area contributed by atoms with Crippen LogP contribution >= 0.6 is 174 Å². The first kappa shape index (κ1) is 118. The third-order valence-electron chi connectivity index (χ3n) is 19.2. The number of nitrogens with two attached hydrogens (primary N) is 3. The number of carboxylic acid groups (broad SMARTS) is 9. The molecule has 0 aliphatic carbocycles. The monoisotopic (exact) mass is 2330 g/mol. The molecule has 3 aromatic carbocycles. The Labute approximate surface area is 945 Å². The van der Waals surface area contributed by atoms with E-state index in [0.717, 1.165) is 190 Å². The van der Waals surface area contributed by atoms with Gasteiger partial charge in [0.2, 0.25) is 0 Å². The number of anilines is 3. The number of nitrogen functional groups attached to an aromatic ring is 3. The molecule has 6 amide bonds. The maximum absolute atomic E-state index is 13.4. The zero-order chi connectivity index (χ0) is 105. The van der Waals surface area contributed by atoms with E-state index in [0.29, 0.717) is 35.3 Å². The van der Waals surface area contributed by atoms with Gasteiger partial charge in [0, 0.05) is 65.3 Å². The van der Waals surface area contributed by atoms with Gasteiger partial charge < -0.3 is 139 Å². The summed E-state index contributed by atoms with van der Waals surface area (Å²) >= 11 is 12.9. The maximum atomic E-state index is 13.4. The second-order valence-electron chi connectivity index (χ2n) is 28.3. The first-order chi connectivity index (χ1) is 68.3. The number of hydrogen-bond donors (Lipinski definition) is 21. The zero-order valence-electron chi connectivity index (χ0n) is 73.4. The number of phenols is 6. The molecule has 3 saturated heterocycles. The van der Waals surface area contributed by atoms with Crippen LogP contribution < -0.4 is 154 Å². The number of amides is 6. The minimum Gasteiger partial charge on any atom is -0.543 e. The van der Waals surface area contributed by atoms with Crippen LogP contribution in [0.5, 0.6) is 34.5 Å². The molecule has 147 heavy (non-hydrogen) atoms. The van der Waals surface area contributed by atoms with Gasteiger partial charge in [0.15, 0.2) is 83.7 Å². The number of oxime groups is 3. The fourth-order valence-corrected chi connectivity index (χ4v) is 27.0. The normalized spacial score (nSPS) is 17.8. The van der Waals surface area contributed by atoms with Gasteiger partial charge >= 0.3 is 124 Å². The summed E-state index contributed by atoms with van der Waals surface area (Å²) in [4.78, 5) is 252. The van der Waals surface area contributed by atoms with Gasteiger partial charge in [-0.05, 0) is 71.3 Å². The van der Waals surface area contributed by atoms with Crippen LogP contribution in [0.4, 0.5) is 15.4 Å². The average molecular weight is 2340 g/mol. The van der Waals surface area contributed by atoms with Crippen molar-refractivity contribution in [1.82, 2.24) is 58.7 Å². The molecule has 6 aliphatic heterocycles. The summed E-state index contributed by atoms with van der Waals surface area (Å²) in [7, 11) is 0. The number of β-lactam (4-membered cyclic amide) rings is 3. The molecule has 3 fully saturated rings. The molecule has 54 nitrogen and oxygen atoms in total. The number of phenolic OH excluding ortho intramolecular Hbond substituents is 6. The molecule has 0 saturated carbocycles. The molecule has 9 atom stereocenters. The van der Waals surface area contributed by atoms with Gasteiger partial charge in [0.05, 0.1) is 47.6 Å². The van der Waals surface area contributed by atoms with Crippen molar-refractivity contribution in [3.63, 3.8) is 0 Å². The molecule has 0 spiro atoms. The molecule has 6 aromatic heterocycles. The standard InChI is InChI=1S/3C25H20N6O12S5.3Na/c3*26-25-27-9(6-46-25)13(29-43-23(22(41)42)47-8-1-2-10(32)11(33)3-8)17(35)28-14-18(36)31-15(21(39)40)7(4-44-19(14)31)5-45-24-12(20(37)38)16(34)30-48-24;;;/h3*1-3,6,14,19,23,32-33H,4-5H2,(H2,26,27)(H,28,35)(H,30,34)(H,37,38)(H,39,40)(H,41,42);;;/q;;;3*+1/p-3/b3*29-13+;;;/t3*14-,19-,23?;;;/m111.../s1. The fourth-order valence-electron chi connectivity index (χ4n) is 12.7. The number of aromatic amines is 3. The molecule has 15 rings (SSSR count). The number of benzene rings is 3. The van der Waals surface area contributed by atoms with E-state index < -0.39 is 242 Å². The molecular formula is C75H57N18Na3O36S15. The molecule has 72 heteroatoms. The smallest absolute Gasteiger partial charge is 0.543 e. The summed E-state index contributed by atoms with van der Waals surface area (Å²) in [6.07, 6.45) is 0. The van der Waals surface area contributed by atoms with E-state index in [1.165, 1.54) is 34.3 Å². The Morgan fingerprint density at radius 3 is 0.857 bits per heavy atom. The number of hydrogen-bond acceptors (Lipinski definition) is 54. The van der Waals surface area contributed by atoms with Gasteiger partial charge in [0.1, 0.15) is 51.3 Å². The third-order valence-corrected chi connectivity index (χ3v) is 35.0. The van der Waals surface area contributed by atoms with Crippen molar-refractivity contribution in [3.8, 4) is 34.5 Å². The van der Waals surface area contributed by atoms with Gasteiger partial charge in [-0.25, -0.2) is 43.7 Å². The van der Waals surface area contributed by atoms with Gasteiger partial charge in [-0.3, -0.25) is 71.0 Å². The first-order valence-electron chi connectivity index (χ1n) is 38.7. The number of thioether (sulfide) groups is 9. The van der Waals surface area contributed by atoms with Crippen molar-refractivity contribution in [2.75, 3.05) is 51.7 Å². The minimum absolute atomic E-state index is 0. The number of thiazole rings is 3. The number of carboxylic acids is 9. The summed E-state index contributed by atoms with van der Waals surface area (Å²) < 4.78 is 7.28. The quantitative estimate of drug-likeness (QED) is 0.00324. The molecule has 3 unspecified atom stereocenters. The molecule has 24 N–H and O–H groups in total. The van der Waals surface area contributed by atoms with E-state index in [1.807, 2.05) is 0 Å². The van der Waals surface area contributed by atoms with Crippen LogP contribution in [0.2, 0.25) is 0 Å². The zero-order valence-corrected chi connectivity index (χ0v) is 91.7. The molecule has 0 bridgehead atoms. The number of nitrogens with zero attached hydrogens (tertiary/aromatic N) is 9. The topological polar surface area (TPSA) is 894 Å². The van der Waals surface area contributed by atoms with E-state index in [4.69, 9.17) is 31.7 Å². The van der Waals surface area contributed by atoms with E-state index in [9.17, 15) is 163 Å². The number of H-pyrrole nitrogens is 3.